The van der Waals surface area contributed by atoms with E-state index in [0.717, 1.165) is 11.3 Å². The number of likely N-dealkylation sites (tertiary alicyclic amines) is 1. The van der Waals surface area contributed by atoms with Gasteiger partial charge < -0.3 is 19.3 Å². The third-order valence-corrected chi connectivity index (χ3v) is 6.13. The second-order valence-electron chi connectivity index (χ2n) is 7.61. The van der Waals surface area contributed by atoms with Crippen LogP contribution in [0.25, 0.3) is 0 Å². The molecule has 7 heteroatoms. The molecule has 4 rings (SSSR count). The number of ether oxygens (including phenoxy) is 2. The Hall–Kier alpha value is -2.57. The zero-order valence-electron chi connectivity index (χ0n) is 16.9. The van der Waals surface area contributed by atoms with Crippen LogP contribution in [0.3, 0.4) is 0 Å². The Morgan fingerprint density at radius 3 is 2.40 bits per heavy atom. The fourth-order valence-corrected chi connectivity index (χ4v) is 4.43. The van der Waals surface area contributed by atoms with E-state index in [-0.39, 0.29) is 23.7 Å². The fraction of sp³-hybridized carbons (Fsp3) is 0.391. The summed E-state index contributed by atoms with van der Waals surface area (Å²) in [5, 5.41) is 0.584. The lowest BCUT2D eigenvalue weighted by Crippen LogP contribution is -2.45. The van der Waals surface area contributed by atoms with Crippen LogP contribution in [0.15, 0.2) is 48.5 Å². The van der Waals surface area contributed by atoms with Gasteiger partial charge in [-0.3, -0.25) is 9.59 Å². The molecule has 0 saturated carbocycles. The Morgan fingerprint density at radius 1 is 1.00 bits per heavy atom. The standard InChI is InChI=1S/C23H25ClN2O4/c1-29-21-5-3-2-4-18(21)19-14-26(22(27)16-6-8-17(24)9-7-16)15-20(19)23(28)25-10-12-30-13-11-25/h2-9,19-20H,10-15H2,1H3/t19-,20-/m1/s1. The Morgan fingerprint density at radius 2 is 1.70 bits per heavy atom. The number of amides is 2. The van der Waals surface area contributed by atoms with Crippen LogP contribution in [0.5, 0.6) is 5.75 Å². The van der Waals surface area contributed by atoms with Gasteiger partial charge >= 0.3 is 0 Å². The Bertz CT molecular complexity index is 912. The predicted molar refractivity (Wildman–Crippen MR) is 114 cm³/mol. The van der Waals surface area contributed by atoms with E-state index in [1.807, 2.05) is 29.2 Å². The number of halogens is 1. The first-order chi connectivity index (χ1) is 14.6. The molecule has 0 radical (unpaired) electrons. The highest BCUT2D eigenvalue weighted by Crippen LogP contribution is 2.39. The summed E-state index contributed by atoms with van der Waals surface area (Å²) in [4.78, 5) is 30.2. The molecule has 0 bridgehead atoms. The van der Waals surface area contributed by atoms with E-state index in [1.165, 1.54) is 0 Å². The number of carbonyl (C=O) groups excluding carboxylic acids is 2. The number of hydrogen-bond acceptors (Lipinski definition) is 4. The molecular formula is C23H25ClN2O4. The van der Waals surface area contributed by atoms with Crippen LogP contribution >= 0.6 is 11.6 Å². The normalized spacial score (nSPS) is 21.5. The number of rotatable bonds is 4. The van der Waals surface area contributed by atoms with Crippen molar-refractivity contribution < 1.29 is 19.1 Å². The van der Waals surface area contributed by atoms with E-state index in [2.05, 4.69) is 0 Å². The number of methoxy groups -OCH3 is 1. The van der Waals surface area contributed by atoms with E-state index in [0.29, 0.717) is 50.0 Å². The van der Waals surface area contributed by atoms with Gasteiger partial charge in [0.25, 0.3) is 5.91 Å². The number of hydrogen-bond donors (Lipinski definition) is 0. The topological polar surface area (TPSA) is 59.1 Å². The quantitative estimate of drug-likeness (QED) is 0.751. The number of morpholine rings is 1. The van der Waals surface area contributed by atoms with Gasteiger partial charge in [-0.05, 0) is 35.9 Å². The van der Waals surface area contributed by atoms with Crippen molar-refractivity contribution in [1.29, 1.82) is 0 Å². The summed E-state index contributed by atoms with van der Waals surface area (Å²) in [5.74, 6) is 0.260. The maximum Gasteiger partial charge on any atom is 0.253 e. The van der Waals surface area contributed by atoms with Crippen LogP contribution in [-0.4, -0.2) is 68.1 Å². The summed E-state index contributed by atoms with van der Waals surface area (Å²) in [5.41, 5.74) is 1.52. The zero-order valence-corrected chi connectivity index (χ0v) is 17.7. The molecule has 2 aliphatic heterocycles. The molecule has 2 saturated heterocycles. The highest BCUT2D eigenvalue weighted by atomic mass is 35.5. The molecule has 6 nitrogen and oxygen atoms in total. The molecule has 2 atom stereocenters. The van der Waals surface area contributed by atoms with Crippen LogP contribution < -0.4 is 4.74 Å². The highest BCUT2D eigenvalue weighted by molar-refractivity contribution is 6.30. The molecular weight excluding hydrogens is 404 g/mol. The van der Waals surface area contributed by atoms with E-state index in [1.54, 1.807) is 36.3 Å². The van der Waals surface area contributed by atoms with Crippen molar-refractivity contribution in [2.24, 2.45) is 5.92 Å². The van der Waals surface area contributed by atoms with Gasteiger partial charge in [-0.25, -0.2) is 0 Å². The maximum absolute atomic E-state index is 13.4. The second kappa shape index (κ2) is 9.06. The van der Waals surface area contributed by atoms with Crippen molar-refractivity contribution in [3.8, 4) is 5.75 Å². The predicted octanol–water partition coefficient (Wildman–Crippen LogP) is 3.06. The van der Waals surface area contributed by atoms with Crippen molar-refractivity contribution >= 4 is 23.4 Å². The molecule has 0 aliphatic carbocycles. The molecule has 2 amide bonds. The van der Waals surface area contributed by atoms with Crippen LogP contribution in [0.1, 0.15) is 21.8 Å². The largest absolute Gasteiger partial charge is 0.496 e. The van der Waals surface area contributed by atoms with E-state index in [4.69, 9.17) is 21.1 Å². The lowest BCUT2D eigenvalue weighted by atomic mass is 9.87. The summed E-state index contributed by atoms with van der Waals surface area (Å²) in [6, 6.07) is 14.6. The molecule has 30 heavy (non-hydrogen) atoms. The van der Waals surface area contributed by atoms with Gasteiger partial charge in [-0.1, -0.05) is 29.8 Å². The molecule has 0 aromatic heterocycles. The lowest BCUT2D eigenvalue weighted by Gasteiger charge is -2.31. The maximum atomic E-state index is 13.4. The summed E-state index contributed by atoms with van der Waals surface area (Å²) in [6.45, 7) is 3.09. The number of carbonyl (C=O) groups is 2. The fourth-order valence-electron chi connectivity index (χ4n) is 4.30. The van der Waals surface area contributed by atoms with Crippen molar-refractivity contribution in [1.82, 2.24) is 9.80 Å². The smallest absolute Gasteiger partial charge is 0.253 e. The van der Waals surface area contributed by atoms with E-state index in [9.17, 15) is 9.59 Å². The molecule has 2 aromatic rings. The Labute approximate surface area is 181 Å². The molecule has 2 fully saturated rings. The molecule has 0 unspecified atom stereocenters. The molecule has 0 N–H and O–H groups in total. The van der Waals surface area contributed by atoms with Gasteiger partial charge in [0.1, 0.15) is 5.75 Å². The second-order valence-corrected chi connectivity index (χ2v) is 8.05. The van der Waals surface area contributed by atoms with Crippen LogP contribution in [0, 0.1) is 5.92 Å². The zero-order chi connectivity index (χ0) is 21.1. The van der Waals surface area contributed by atoms with E-state index < -0.39 is 0 Å². The van der Waals surface area contributed by atoms with Crippen molar-refractivity contribution in [2.75, 3.05) is 46.5 Å². The first kappa shape index (κ1) is 20.7. The van der Waals surface area contributed by atoms with Gasteiger partial charge in [-0.2, -0.15) is 0 Å². The summed E-state index contributed by atoms with van der Waals surface area (Å²) in [6.07, 6.45) is 0. The summed E-state index contributed by atoms with van der Waals surface area (Å²) >= 11 is 5.96. The Kier molecular flexibility index (Phi) is 6.25. The van der Waals surface area contributed by atoms with Crippen LogP contribution in [0.2, 0.25) is 5.02 Å². The molecule has 2 aromatic carbocycles. The number of benzene rings is 2. The SMILES string of the molecule is COc1ccccc1[C@H]1CN(C(=O)c2ccc(Cl)cc2)C[C@H]1C(=O)N1CCOCC1. The van der Waals surface area contributed by atoms with E-state index >= 15 is 0 Å². The Balaban J connectivity index is 1.63. The highest BCUT2D eigenvalue weighted by Gasteiger charge is 2.43. The first-order valence-electron chi connectivity index (χ1n) is 10.1. The van der Waals surface area contributed by atoms with Crippen molar-refractivity contribution in [3.05, 3.63) is 64.7 Å². The molecule has 0 spiro atoms. The first-order valence-corrected chi connectivity index (χ1v) is 10.5. The molecule has 158 valence electrons. The molecule has 2 aliphatic rings. The minimum Gasteiger partial charge on any atom is -0.496 e. The third-order valence-electron chi connectivity index (χ3n) is 5.88. The van der Waals surface area contributed by atoms with Gasteiger partial charge in [0.15, 0.2) is 0 Å². The van der Waals surface area contributed by atoms with Crippen LogP contribution in [0.4, 0.5) is 0 Å². The van der Waals surface area contributed by atoms with Gasteiger partial charge in [0.05, 0.1) is 26.2 Å². The number of para-hydroxylation sites is 1. The minimum absolute atomic E-state index is 0.0700. The number of nitrogens with zero attached hydrogens (tertiary/aromatic N) is 2. The van der Waals surface area contributed by atoms with Crippen LogP contribution in [-0.2, 0) is 9.53 Å². The van der Waals surface area contributed by atoms with Gasteiger partial charge in [0.2, 0.25) is 5.91 Å². The van der Waals surface area contributed by atoms with Gasteiger partial charge in [0, 0.05) is 42.7 Å². The monoisotopic (exact) mass is 428 g/mol. The minimum atomic E-state index is -0.323. The summed E-state index contributed by atoms with van der Waals surface area (Å²) in [7, 11) is 1.63. The van der Waals surface area contributed by atoms with Gasteiger partial charge in [-0.15, -0.1) is 0 Å². The molecule has 2 heterocycles. The average Bonchev–Trinajstić information content (AvgIpc) is 3.24. The average molecular weight is 429 g/mol. The summed E-state index contributed by atoms with van der Waals surface area (Å²) < 4.78 is 11.0. The third kappa shape index (κ3) is 4.16. The lowest BCUT2D eigenvalue weighted by molar-refractivity contribution is -0.139. The van der Waals surface area contributed by atoms with Crippen molar-refractivity contribution in [3.63, 3.8) is 0 Å². The van der Waals surface area contributed by atoms with Crippen molar-refractivity contribution in [2.45, 2.75) is 5.92 Å².